The number of benzene rings is 1. The molecule has 1 heterocycles. The molecular weight excluding hydrogens is 267 g/mol. The van der Waals surface area contributed by atoms with Crippen LogP contribution in [0.2, 0.25) is 5.02 Å². The smallest absolute Gasteiger partial charge is 0.249 e. The van der Waals surface area contributed by atoms with Gasteiger partial charge in [-0.1, -0.05) is 27.5 Å². The van der Waals surface area contributed by atoms with Gasteiger partial charge in [0, 0.05) is 11.4 Å². The van der Waals surface area contributed by atoms with Gasteiger partial charge in [0.15, 0.2) is 0 Å². The zero-order valence-corrected chi connectivity index (χ0v) is 9.63. The summed E-state index contributed by atoms with van der Waals surface area (Å²) in [7, 11) is 0. The van der Waals surface area contributed by atoms with E-state index in [1.807, 2.05) is 12.1 Å². The molecule has 14 heavy (non-hydrogen) atoms. The van der Waals surface area contributed by atoms with Crippen molar-refractivity contribution in [1.82, 2.24) is 10.2 Å². The van der Waals surface area contributed by atoms with Gasteiger partial charge in [-0.15, -0.1) is 10.2 Å². The Hall–Kier alpha value is -0.870. The second kappa shape index (κ2) is 3.71. The van der Waals surface area contributed by atoms with Gasteiger partial charge in [0.25, 0.3) is 0 Å². The average Bonchev–Trinajstić information content (AvgIpc) is 2.56. The maximum absolute atomic E-state index is 5.99. The number of halogens is 2. The predicted octanol–water partition coefficient (Wildman–Crippen LogP) is 3.46. The largest absolute Gasteiger partial charge is 0.421 e. The third kappa shape index (κ3) is 1.81. The Bertz CT molecular complexity index is 470. The van der Waals surface area contributed by atoms with Crippen molar-refractivity contribution in [2.45, 2.75) is 6.92 Å². The van der Waals surface area contributed by atoms with Crippen LogP contribution in [0.1, 0.15) is 5.89 Å². The van der Waals surface area contributed by atoms with Gasteiger partial charge in [0.2, 0.25) is 11.8 Å². The summed E-state index contributed by atoms with van der Waals surface area (Å²) in [5, 5.41) is 8.23. The molecule has 0 aliphatic rings. The molecule has 0 atom stereocenters. The minimum absolute atomic E-state index is 0.439. The van der Waals surface area contributed by atoms with E-state index in [1.165, 1.54) is 0 Å². The van der Waals surface area contributed by atoms with E-state index in [-0.39, 0.29) is 0 Å². The number of nitrogens with zero attached hydrogens (tertiary/aromatic N) is 2. The molecule has 1 aromatic heterocycles. The molecule has 3 nitrogen and oxygen atoms in total. The molecule has 2 aromatic rings. The maximum atomic E-state index is 5.99. The predicted molar refractivity (Wildman–Crippen MR) is 57.2 cm³/mol. The maximum Gasteiger partial charge on any atom is 0.249 e. The highest BCUT2D eigenvalue weighted by molar-refractivity contribution is 9.10. The fraction of sp³-hybridized carbons (Fsp3) is 0.111. The molecule has 72 valence electrons. The van der Waals surface area contributed by atoms with Gasteiger partial charge in [0.1, 0.15) is 0 Å². The molecular formula is C9H6BrClN2O. The van der Waals surface area contributed by atoms with Gasteiger partial charge in [-0.3, -0.25) is 0 Å². The Morgan fingerprint density at radius 2 is 2.14 bits per heavy atom. The van der Waals surface area contributed by atoms with Crippen molar-refractivity contribution in [3.8, 4) is 11.5 Å². The third-order valence-corrected chi connectivity index (χ3v) is 2.51. The molecule has 0 bridgehead atoms. The SMILES string of the molecule is Cc1nnc(-c2cc(Br)ccc2Cl)o1. The van der Waals surface area contributed by atoms with Gasteiger partial charge in [-0.25, -0.2) is 0 Å². The van der Waals surface area contributed by atoms with Crippen molar-refractivity contribution in [2.24, 2.45) is 0 Å². The van der Waals surface area contributed by atoms with Crippen LogP contribution >= 0.6 is 27.5 Å². The van der Waals surface area contributed by atoms with Gasteiger partial charge in [0.05, 0.1) is 10.6 Å². The van der Waals surface area contributed by atoms with Gasteiger partial charge >= 0.3 is 0 Å². The lowest BCUT2D eigenvalue weighted by Gasteiger charge is -1.98. The number of hydrogen-bond acceptors (Lipinski definition) is 3. The zero-order chi connectivity index (χ0) is 10.1. The van der Waals surface area contributed by atoms with Gasteiger partial charge in [-0.2, -0.15) is 0 Å². The van der Waals surface area contributed by atoms with Crippen LogP contribution in [-0.2, 0) is 0 Å². The molecule has 0 N–H and O–H groups in total. The van der Waals surface area contributed by atoms with Crippen molar-refractivity contribution < 1.29 is 4.42 Å². The monoisotopic (exact) mass is 272 g/mol. The molecule has 0 saturated heterocycles. The molecule has 0 spiro atoms. The molecule has 0 aliphatic carbocycles. The first kappa shape index (κ1) is 9.68. The topological polar surface area (TPSA) is 38.9 Å². The average molecular weight is 274 g/mol. The lowest BCUT2D eigenvalue weighted by Crippen LogP contribution is -1.79. The van der Waals surface area contributed by atoms with E-state index in [0.29, 0.717) is 16.8 Å². The van der Waals surface area contributed by atoms with Crippen molar-refractivity contribution >= 4 is 27.5 Å². The van der Waals surface area contributed by atoms with E-state index >= 15 is 0 Å². The van der Waals surface area contributed by atoms with Gasteiger partial charge in [-0.05, 0) is 18.2 Å². The molecule has 0 amide bonds. The molecule has 1 aromatic carbocycles. The molecule has 0 saturated carbocycles. The Morgan fingerprint density at radius 1 is 1.36 bits per heavy atom. The molecule has 0 aliphatic heterocycles. The molecule has 0 radical (unpaired) electrons. The van der Waals surface area contributed by atoms with Crippen molar-refractivity contribution in [3.63, 3.8) is 0 Å². The zero-order valence-electron chi connectivity index (χ0n) is 7.29. The van der Waals surface area contributed by atoms with E-state index in [9.17, 15) is 0 Å². The lowest BCUT2D eigenvalue weighted by atomic mass is 10.2. The Balaban J connectivity index is 2.55. The summed E-state index contributed by atoms with van der Waals surface area (Å²) in [4.78, 5) is 0. The number of aryl methyl sites for hydroxylation is 1. The van der Waals surface area contributed by atoms with Crippen LogP contribution in [0.5, 0.6) is 0 Å². The van der Waals surface area contributed by atoms with E-state index < -0.39 is 0 Å². The lowest BCUT2D eigenvalue weighted by molar-refractivity contribution is 0.533. The van der Waals surface area contributed by atoms with Crippen LogP contribution in [0.4, 0.5) is 0 Å². The second-order valence-electron chi connectivity index (χ2n) is 2.75. The summed E-state index contributed by atoms with van der Waals surface area (Å²) in [5.74, 6) is 0.963. The Morgan fingerprint density at radius 3 is 2.79 bits per heavy atom. The highest BCUT2D eigenvalue weighted by Crippen LogP contribution is 2.29. The summed E-state index contributed by atoms with van der Waals surface area (Å²) in [5.41, 5.74) is 0.738. The summed E-state index contributed by atoms with van der Waals surface area (Å²) in [6.45, 7) is 1.74. The molecule has 2 rings (SSSR count). The summed E-state index contributed by atoms with van der Waals surface area (Å²) in [6.07, 6.45) is 0. The highest BCUT2D eigenvalue weighted by atomic mass is 79.9. The third-order valence-electron chi connectivity index (χ3n) is 1.68. The highest BCUT2D eigenvalue weighted by Gasteiger charge is 2.10. The first-order valence-electron chi connectivity index (χ1n) is 3.92. The van der Waals surface area contributed by atoms with Crippen LogP contribution in [0.25, 0.3) is 11.5 Å². The van der Waals surface area contributed by atoms with Crippen molar-refractivity contribution in [2.75, 3.05) is 0 Å². The van der Waals surface area contributed by atoms with E-state index in [2.05, 4.69) is 26.1 Å². The van der Waals surface area contributed by atoms with Crippen LogP contribution in [-0.4, -0.2) is 10.2 Å². The number of rotatable bonds is 1. The van der Waals surface area contributed by atoms with Gasteiger partial charge < -0.3 is 4.42 Å². The van der Waals surface area contributed by atoms with Crippen LogP contribution < -0.4 is 0 Å². The minimum Gasteiger partial charge on any atom is -0.421 e. The van der Waals surface area contributed by atoms with Crippen LogP contribution in [0, 0.1) is 6.92 Å². The van der Waals surface area contributed by atoms with Crippen LogP contribution in [0.15, 0.2) is 27.1 Å². The molecule has 0 fully saturated rings. The summed E-state index contributed by atoms with van der Waals surface area (Å²) in [6, 6.07) is 5.48. The van der Waals surface area contributed by atoms with E-state index in [4.69, 9.17) is 16.0 Å². The minimum atomic E-state index is 0.439. The summed E-state index contributed by atoms with van der Waals surface area (Å²) < 4.78 is 6.20. The fourth-order valence-corrected chi connectivity index (χ4v) is 1.63. The molecule has 5 heteroatoms. The normalized spacial score (nSPS) is 10.5. The Labute approximate surface area is 94.2 Å². The quantitative estimate of drug-likeness (QED) is 0.798. The first-order chi connectivity index (χ1) is 6.66. The second-order valence-corrected chi connectivity index (χ2v) is 4.07. The van der Waals surface area contributed by atoms with Crippen molar-refractivity contribution in [1.29, 1.82) is 0 Å². The van der Waals surface area contributed by atoms with E-state index in [1.54, 1.807) is 13.0 Å². The Kier molecular flexibility index (Phi) is 2.56. The number of aromatic nitrogens is 2. The van der Waals surface area contributed by atoms with Crippen LogP contribution in [0.3, 0.4) is 0 Å². The molecule has 0 unspecified atom stereocenters. The van der Waals surface area contributed by atoms with Crippen molar-refractivity contribution in [3.05, 3.63) is 33.6 Å². The first-order valence-corrected chi connectivity index (χ1v) is 5.09. The fourth-order valence-electron chi connectivity index (χ4n) is 1.07. The summed E-state index contributed by atoms with van der Waals surface area (Å²) >= 11 is 9.34. The van der Waals surface area contributed by atoms with E-state index in [0.717, 1.165) is 10.0 Å². The number of hydrogen-bond donors (Lipinski definition) is 0. The standard InChI is InChI=1S/C9H6BrClN2O/c1-5-12-13-9(14-5)7-4-6(10)2-3-8(7)11/h2-4H,1H3.